The van der Waals surface area contributed by atoms with Crippen molar-refractivity contribution in [1.29, 1.82) is 0 Å². The molecule has 0 radical (unpaired) electrons. The van der Waals surface area contributed by atoms with Crippen LogP contribution in [0.5, 0.6) is 11.5 Å². The first-order valence-electron chi connectivity index (χ1n) is 7.17. The quantitative estimate of drug-likeness (QED) is 0.706. The van der Waals surface area contributed by atoms with Crippen molar-refractivity contribution in [2.45, 2.75) is 46.4 Å². The third kappa shape index (κ3) is 6.26. The highest BCUT2D eigenvalue weighted by Crippen LogP contribution is 2.25. The summed E-state index contributed by atoms with van der Waals surface area (Å²) in [5.74, 6) is 1.66. The molecule has 1 rings (SSSR count). The van der Waals surface area contributed by atoms with E-state index in [0.717, 1.165) is 23.6 Å². The molecule has 0 amide bonds. The van der Waals surface area contributed by atoms with Crippen LogP contribution >= 0.6 is 0 Å². The Kier molecular flexibility index (Phi) is 7.41. The van der Waals surface area contributed by atoms with Gasteiger partial charge in [-0.3, -0.25) is 0 Å². The number of rotatable bonds is 9. The lowest BCUT2D eigenvalue weighted by molar-refractivity contribution is 0.0550. The fourth-order valence-corrected chi connectivity index (χ4v) is 1.69. The molecule has 1 aromatic rings. The normalized spacial score (nSPS) is 11.2. The highest BCUT2D eigenvalue weighted by atomic mass is 16.5. The molecule has 0 aliphatic heterocycles. The van der Waals surface area contributed by atoms with Crippen molar-refractivity contribution in [1.82, 2.24) is 5.32 Å². The van der Waals surface area contributed by atoms with Gasteiger partial charge in [0, 0.05) is 24.2 Å². The summed E-state index contributed by atoms with van der Waals surface area (Å²) < 4.78 is 16.6. The van der Waals surface area contributed by atoms with Gasteiger partial charge in [-0.2, -0.15) is 0 Å². The predicted molar refractivity (Wildman–Crippen MR) is 81.6 cm³/mol. The van der Waals surface area contributed by atoms with E-state index < -0.39 is 0 Å². The maximum Gasteiger partial charge on any atom is 0.127 e. The highest BCUT2D eigenvalue weighted by Gasteiger charge is 2.07. The Morgan fingerprint density at radius 2 is 1.85 bits per heavy atom. The van der Waals surface area contributed by atoms with Crippen molar-refractivity contribution < 1.29 is 14.2 Å². The number of ether oxygens (including phenoxy) is 3. The van der Waals surface area contributed by atoms with Gasteiger partial charge in [-0.1, -0.05) is 19.9 Å². The molecule has 0 fully saturated rings. The summed E-state index contributed by atoms with van der Waals surface area (Å²) in [5.41, 5.74) is 1.13. The molecule has 0 aliphatic carbocycles. The minimum atomic E-state index is 0.228. The molecular weight excluding hydrogens is 254 g/mol. The molecule has 0 spiro atoms. The first-order valence-corrected chi connectivity index (χ1v) is 7.17. The minimum Gasteiger partial charge on any atom is -0.497 e. The van der Waals surface area contributed by atoms with Crippen molar-refractivity contribution in [3.8, 4) is 11.5 Å². The summed E-state index contributed by atoms with van der Waals surface area (Å²) >= 11 is 0. The summed E-state index contributed by atoms with van der Waals surface area (Å²) in [6.07, 6.45) is 0.228. The van der Waals surface area contributed by atoms with Crippen molar-refractivity contribution in [3.63, 3.8) is 0 Å². The van der Waals surface area contributed by atoms with Gasteiger partial charge in [0.2, 0.25) is 0 Å². The van der Waals surface area contributed by atoms with Gasteiger partial charge < -0.3 is 19.5 Å². The molecule has 114 valence electrons. The summed E-state index contributed by atoms with van der Waals surface area (Å²) in [6, 6.07) is 6.35. The SMILES string of the molecule is COc1ccc(CNC(C)C)c(OCCOC(C)C)c1. The lowest BCUT2D eigenvalue weighted by Crippen LogP contribution is -2.22. The fraction of sp³-hybridized carbons (Fsp3) is 0.625. The van der Waals surface area contributed by atoms with Gasteiger partial charge in [0.15, 0.2) is 0 Å². The second-order valence-corrected chi connectivity index (χ2v) is 5.28. The molecular formula is C16H27NO3. The summed E-state index contributed by atoms with van der Waals surface area (Å²) in [7, 11) is 1.66. The van der Waals surface area contributed by atoms with Gasteiger partial charge >= 0.3 is 0 Å². The van der Waals surface area contributed by atoms with Crippen LogP contribution in [0.1, 0.15) is 33.3 Å². The van der Waals surface area contributed by atoms with Gasteiger partial charge in [-0.05, 0) is 19.9 Å². The molecule has 0 unspecified atom stereocenters. The van der Waals surface area contributed by atoms with E-state index in [1.54, 1.807) is 7.11 Å². The summed E-state index contributed by atoms with van der Waals surface area (Å²) in [4.78, 5) is 0. The number of benzene rings is 1. The van der Waals surface area contributed by atoms with Crippen LogP contribution in [-0.2, 0) is 11.3 Å². The van der Waals surface area contributed by atoms with Crippen molar-refractivity contribution in [2.75, 3.05) is 20.3 Å². The zero-order valence-corrected chi connectivity index (χ0v) is 13.2. The van der Waals surface area contributed by atoms with E-state index in [0.29, 0.717) is 19.3 Å². The van der Waals surface area contributed by atoms with E-state index in [1.165, 1.54) is 0 Å². The van der Waals surface area contributed by atoms with Crippen LogP contribution in [0.2, 0.25) is 0 Å². The van der Waals surface area contributed by atoms with Crippen LogP contribution in [0.15, 0.2) is 18.2 Å². The summed E-state index contributed by atoms with van der Waals surface area (Å²) in [6.45, 7) is 10.2. The molecule has 0 bridgehead atoms. The molecule has 4 nitrogen and oxygen atoms in total. The van der Waals surface area contributed by atoms with Gasteiger partial charge in [-0.25, -0.2) is 0 Å². The minimum absolute atomic E-state index is 0.228. The summed E-state index contributed by atoms with van der Waals surface area (Å²) in [5, 5.41) is 3.40. The molecule has 0 aromatic heterocycles. The smallest absolute Gasteiger partial charge is 0.127 e. The van der Waals surface area contributed by atoms with E-state index in [1.807, 2.05) is 32.0 Å². The third-order valence-corrected chi connectivity index (χ3v) is 2.77. The molecule has 4 heteroatoms. The van der Waals surface area contributed by atoms with Gasteiger partial charge in [-0.15, -0.1) is 0 Å². The number of hydrogen-bond acceptors (Lipinski definition) is 4. The largest absolute Gasteiger partial charge is 0.497 e. The number of hydrogen-bond donors (Lipinski definition) is 1. The molecule has 0 heterocycles. The first kappa shape index (κ1) is 16.8. The zero-order chi connectivity index (χ0) is 15.0. The third-order valence-electron chi connectivity index (χ3n) is 2.77. The fourth-order valence-electron chi connectivity index (χ4n) is 1.69. The van der Waals surface area contributed by atoms with E-state index in [2.05, 4.69) is 19.2 Å². The van der Waals surface area contributed by atoms with E-state index in [4.69, 9.17) is 14.2 Å². The molecule has 0 atom stereocenters. The molecule has 0 saturated carbocycles. The van der Waals surface area contributed by atoms with Gasteiger partial charge in [0.25, 0.3) is 0 Å². The van der Waals surface area contributed by atoms with Gasteiger partial charge in [0.05, 0.1) is 19.8 Å². The van der Waals surface area contributed by atoms with Crippen molar-refractivity contribution in [2.24, 2.45) is 0 Å². The maximum atomic E-state index is 5.82. The van der Waals surface area contributed by atoms with Crippen LogP contribution in [-0.4, -0.2) is 32.5 Å². The van der Waals surface area contributed by atoms with Crippen molar-refractivity contribution in [3.05, 3.63) is 23.8 Å². The number of methoxy groups -OCH3 is 1. The Morgan fingerprint density at radius 3 is 2.45 bits per heavy atom. The van der Waals surface area contributed by atoms with Gasteiger partial charge in [0.1, 0.15) is 18.1 Å². The lowest BCUT2D eigenvalue weighted by Gasteiger charge is -2.15. The Labute approximate surface area is 122 Å². The first-order chi connectivity index (χ1) is 9.52. The molecule has 1 N–H and O–H groups in total. The van der Waals surface area contributed by atoms with E-state index in [9.17, 15) is 0 Å². The molecule has 1 aromatic carbocycles. The van der Waals surface area contributed by atoms with Crippen LogP contribution in [0.3, 0.4) is 0 Å². The van der Waals surface area contributed by atoms with Crippen LogP contribution in [0.4, 0.5) is 0 Å². The second kappa shape index (κ2) is 8.82. The monoisotopic (exact) mass is 281 g/mol. The van der Waals surface area contributed by atoms with Crippen molar-refractivity contribution >= 4 is 0 Å². The topological polar surface area (TPSA) is 39.7 Å². The maximum absolute atomic E-state index is 5.82. The average molecular weight is 281 g/mol. The van der Waals surface area contributed by atoms with Crippen LogP contribution in [0, 0.1) is 0 Å². The Bertz CT molecular complexity index is 391. The van der Waals surface area contributed by atoms with E-state index in [-0.39, 0.29) is 6.10 Å². The molecule has 0 aliphatic rings. The Hall–Kier alpha value is -1.26. The Morgan fingerprint density at radius 1 is 1.10 bits per heavy atom. The second-order valence-electron chi connectivity index (χ2n) is 5.28. The lowest BCUT2D eigenvalue weighted by atomic mass is 10.2. The molecule has 20 heavy (non-hydrogen) atoms. The van der Waals surface area contributed by atoms with Crippen LogP contribution in [0.25, 0.3) is 0 Å². The average Bonchev–Trinajstić information content (AvgIpc) is 2.41. The van der Waals surface area contributed by atoms with E-state index >= 15 is 0 Å². The number of nitrogens with one attached hydrogen (secondary N) is 1. The highest BCUT2D eigenvalue weighted by molar-refractivity contribution is 5.40. The zero-order valence-electron chi connectivity index (χ0n) is 13.2. The predicted octanol–water partition coefficient (Wildman–Crippen LogP) is 3.00. The van der Waals surface area contributed by atoms with Crippen LogP contribution < -0.4 is 14.8 Å². The standard InChI is InChI=1S/C16H27NO3/c1-12(2)17-11-14-6-7-15(18-5)10-16(14)20-9-8-19-13(3)4/h6-7,10,12-13,17H,8-9,11H2,1-5H3. The molecule has 0 saturated heterocycles. The Balaban J connectivity index is 2.63.